The Morgan fingerprint density at radius 1 is 1.07 bits per heavy atom. The third-order valence-electron chi connectivity index (χ3n) is 7.65. The van der Waals surface area contributed by atoms with E-state index in [2.05, 4.69) is 18.5 Å². The number of nitrogens with zero attached hydrogens (tertiary/aromatic N) is 5. The van der Waals surface area contributed by atoms with E-state index in [-0.39, 0.29) is 24.3 Å². The first-order chi connectivity index (χ1) is 19.4. The second kappa shape index (κ2) is 11.9. The number of carbonyl (C=O) groups excluding carboxylic acids is 2. The molecule has 2 amide bonds. The molecule has 40 heavy (non-hydrogen) atoms. The smallest absolute Gasteiger partial charge is 0.330 e. The molecular formula is C31H35N5O4. The van der Waals surface area contributed by atoms with E-state index in [1.165, 1.54) is 6.08 Å². The number of carbonyl (C=O) groups is 2. The van der Waals surface area contributed by atoms with Gasteiger partial charge in [0.25, 0.3) is 0 Å². The fourth-order valence-corrected chi connectivity index (χ4v) is 5.36. The maximum atomic E-state index is 14.2. The third-order valence-corrected chi connectivity index (χ3v) is 7.65. The van der Waals surface area contributed by atoms with Crippen LogP contribution in [0.3, 0.4) is 0 Å². The van der Waals surface area contributed by atoms with Crippen LogP contribution in [-0.4, -0.2) is 67.1 Å². The lowest BCUT2D eigenvalue weighted by Gasteiger charge is -2.42. The number of rotatable bonds is 9. The van der Waals surface area contributed by atoms with Crippen LogP contribution in [0.15, 0.2) is 61.3 Å². The van der Waals surface area contributed by atoms with Gasteiger partial charge in [-0.2, -0.15) is 0 Å². The van der Waals surface area contributed by atoms with Gasteiger partial charge in [0, 0.05) is 48.8 Å². The van der Waals surface area contributed by atoms with E-state index in [0.29, 0.717) is 41.8 Å². The summed E-state index contributed by atoms with van der Waals surface area (Å²) in [7, 11) is 5.29. The molecular weight excluding hydrogens is 506 g/mol. The van der Waals surface area contributed by atoms with Crippen LogP contribution in [0.25, 0.3) is 0 Å². The van der Waals surface area contributed by atoms with Crippen molar-refractivity contribution in [3.8, 4) is 11.5 Å². The fourth-order valence-electron chi connectivity index (χ4n) is 5.36. The van der Waals surface area contributed by atoms with E-state index in [9.17, 15) is 9.59 Å². The van der Waals surface area contributed by atoms with Gasteiger partial charge in [0.1, 0.15) is 23.1 Å². The Morgan fingerprint density at radius 2 is 1.75 bits per heavy atom. The topological polar surface area (TPSA) is 88.1 Å². The Balaban J connectivity index is 1.52. The average Bonchev–Trinajstić information content (AvgIpc) is 2.98. The number of piperidine rings is 1. The van der Waals surface area contributed by atoms with Crippen LogP contribution < -0.4 is 19.3 Å². The highest BCUT2D eigenvalue weighted by Gasteiger charge is 2.38. The minimum atomic E-state index is -0.126. The number of anilines is 2. The van der Waals surface area contributed by atoms with Crippen molar-refractivity contribution in [3.63, 3.8) is 0 Å². The standard InChI is InChI=1S/C31H35N5O4/c1-5-26(37)14-21-8-6-7-9-22(21)15-29-32-19-23-20-35(25-16-27(39-3)18-28(17-25)40-4)31(38)36(30(23)33-29)24-10-12-34(2)13-11-24/h5-9,16-19,24H,1,10-15,20H2,2-4H3. The van der Waals surface area contributed by atoms with Crippen molar-refractivity contribution in [1.82, 2.24) is 14.9 Å². The van der Waals surface area contributed by atoms with Gasteiger partial charge in [-0.15, -0.1) is 0 Å². The molecule has 3 heterocycles. The second-order valence-corrected chi connectivity index (χ2v) is 10.3. The first kappa shape index (κ1) is 27.3. The monoisotopic (exact) mass is 541 g/mol. The Bertz CT molecular complexity index is 1390. The van der Waals surface area contributed by atoms with E-state index in [1.807, 2.05) is 47.5 Å². The summed E-state index contributed by atoms with van der Waals surface area (Å²) in [4.78, 5) is 41.8. The Kier molecular flexibility index (Phi) is 8.11. The van der Waals surface area contributed by atoms with Crippen LogP contribution in [0, 0.1) is 0 Å². The highest BCUT2D eigenvalue weighted by atomic mass is 16.5. The quantitative estimate of drug-likeness (QED) is 0.371. The molecule has 3 aromatic rings. The van der Waals surface area contributed by atoms with E-state index in [4.69, 9.17) is 19.4 Å². The van der Waals surface area contributed by atoms with Crippen LogP contribution >= 0.6 is 0 Å². The fraction of sp³-hybridized carbons (Fsp3) is 0.355. The van der Waals surface area contributed by atoms with Crippen molar-refractivity contribution in [1.29, 1.82) is 0 Å². The van der Waals surface area contributed by atoms with Gasteiger partial charge in [-0.3, -0.25) is 14.6 Å². The summed E-state index contributed by atoms with van der Waals surface area (Å²) in [5.74, 6) is 2.46. The summed E-state index contributed by atoms with van der Waals surface area (Å²) in [6, 6.07) is 13.2. The zero-order valence-corrected chi connectivity index (χ0v) is 23.3. The Hall–Kier alpha value is -4.24. The summed E-state index contributed by atoms with van der Waals surface area (Å²) in [6.45, 7) is 5.73. The first-order valence-corrected chi connectivity index (χ1v) is 13.5. The van der Waals surface area contributed by atoms with Gasteiger partial charge in [0.2, 0.25) is 0 Å². The molecule has 208 valence electrons. The van der Waals surface area contributed by atoms with Crippen LogP contribution in [0.2, 0.25) is 0 Å². The lowest BCUT2D eigenvalue weighted by Crippen LogP contribution is -2.55. The summed E-state index contributed by atoms with van der Waals surface area (Å²) in [5.41, 5.74) is 3.47. The molecule has 0 bridgehead atoms. The van der Waals surface area contributed by atoms with Crippen LogP contribution in [-0.2, 0) is 24.2 Å². The van der Waals surface area contributed by atoms with Gasteiger partial charge in [-0.25, -0.2) is 14.8 Å². The first-order valence-electron chi connectivity index (χ1n) is 13.5. The molecule has 0 N–H and O–H groups in total. The molecule has 2 aromatic carbocycles. The van der Waals surface area contributed by atoms with E-state index in [0.717, 1.165) is 42.6 Å². The molecule has 5 rings (SSSR count). The van der Waals surface area contributed by atoms with Gasteiger partial charge in [0.15, 0.2) is 5.78 Å². The van der Waals surface area contributed by atoms with Crippen LogP contribution in [0.1, 0.15) is 35.4 Å². The predicted molar refractivity (Wildman–Crippen MR) is 154 cm³/mol. The molecule has 2 aliphatic heterocycles. The minimum absolute atomic E-state index is 0.0120. The Labute approximate surface area is 235 Å². The molecule has 9 nitrogen and oxygen atoms in total. The normalized spacial score (nSPS) is 16.0. The SMILES string of the molecule is C=CC(=O)Cc1ccccc1Cc1ncc2c(n1)N(C1CCN(C)CC1)C(=O)N(c1cc(OC)cc(OC)c1)C2. The summed E-state index contributed by atoms with van der Waals surface area (Å²) in [6.07, 6.45) is 5.62. The zero-order chi connectivity index (χ0) is 28.2. The maximum Gasteiger partial charge on any atom is 0.330 e. The number of likely N-dealkylation sites (tertiary alicyclic amines) is 1. The lowest BCUT2D eigenvalue weighted by atomic mass is 9.99. The number of aromatic nitrogens is 2. The number of fused-ring (bicyclic) bond motifs is 1. The number of benzene rings is 2. The highest BCUT2D eigenvalue weighted by molar-refractivity contribution is 6.06. The Morgan fingerprint density at radius 3 is 2.40 bits per heavy atom. The van der Waals surface area contributed by atoms with E-state index >= 15 is 0 Å². The molecule has 2 aliphatic rings. The number of methoxy groups -OCH3 is 2. The highest BCUT2D eigenvalue weighted by Crippen LogP contribution is 2.37. The molecule has 1 saturated heterocycles. The minimum Gasteiger partial charge on any atom is -0.497 e. The van der Waals surface area contributed by atoms with Crippen molar-refractivity contribution >= 4 is 23.3 Å². The predicted octanol–water partition coefficient (Wildman–Crippen LogP) is 4.42. The van der Waals surface area contributed by atoms with Crippen molar-refractivity contribution in [3.05, 3.63) is 83.8 Å². The number of hydrogen-bond acceptors (Lipinski definition) is 7. The summed E-state index contributed by atoms with van der Waals surface area (Å²) >= 11 is 0. The van der Waals surface area contributed by atoms with Crippen molar-refractivity contribution in [2.24, 2.45) is 0 Å². The molecule has 0 atom stereocenters. The van der Waals surface area contributed by atoms with E-state index < -0.39 is 0 Å². The number of amides is 2. The molecule has 1 aromatic heterocycles. The number of urea groups is 1. The lowest BCUT2D eigenvalue weighted by molar-refractivity contribution is -0.114. The molecule has 0 saturated carbocycles. The number of allylic oxidation sites excluding steroid dienone is 1. The average molecular weight is 542 g/mol. The van der Waals surface area contributed by atoms with Gasteiger partial charge in [-0.05, 0) is 50.2 Å². The second-order valence-electron chi connectivity index (χ2n) is 10.3. The molecule has 9 heteroatoms. The van der Waals surface area contributed by atoms with Crippen molar-refractivity contribution < 1.29 is 19.1 Å². The number of hydrogen-bond donors (Lipinski definition) is 0. The van der Waals surface area contributed by atoms with Crippen molar-refractivity contribution in [2.75, 3.05) is 44.2 Å². The molecule has 0 unspecified atom stereocenters. The molecule has 0 spiro atoms. The van der Waals surface area contributed by atoms with E-state index in [1.54, 1.807) is 25.2 Å². The zero-order valence-electron chi connectivity index (χ0n) is 23.3. The van der Waals surface area contributed by atoms with Crippen LogP contribution in [0.4, 0.5) is 16.3 Å². The van der Waals surface area contributed by atoms with Crippen molar-refractivity contribution in [2.45, 2.75) is 38.3 Å². The molecule has 1 fully saturated rings. The molecule has 0 radical (unpaired) electrons. The summed E-state index contributed by atoms with van der Waals surface area (Å²) in [5, 5.41) is 0. The van der Waals surface area contributed by atoms with Gasteiger partial charge >= 0.3 is 6.03 Å². The third kappa shape index (κ3) is 5.70. The van der Waals surface area contributed by atoms with Crippen LogP contribution in [0.5, 0.6) is 11.5 Å². The van der Waals surface area contributed by atoms with Gasteiger partial charge < -0.3 is 14.4 Å². The number of ketones is 1. The largest absolute Gasteiger partial charge is 0.497 e. The molecule has 0 aliphatic carbocycles. The van der Waals surface area contributed by atoms with Gasteiger partial charge in [-0.1, -0.05) is 30.8 Å². The maximum absolute atomic E-state index is 14.2. The summed E-state index contributed by atoms with van der Waals surface area (Å²) < 4.78 is 10.9. The number of ether oxygens (including phenoxy) is 2. The van der Waals surface area contributed by atoms with Gasteiger partial charge in [0.05, 0.1) is 26.5 Å².